The molecule has 0 fully saturated rings. The van der Waals surface area contributed by atoms with Crippen molar-refractivity contribution in [1.29, 1.82) is 0 Å². The number of furan rings is 2. The molecule has 0 radical (unpaired) electrons. The average molecular weight is 791 g/mol. The normalized spacial score (nSPS) is 13.2. The van der Waals surface area contributed by atoms with Crippen molar-refractivity contribution in [3.05, 3.63) is 134 Å². The second-order valence-corrected chi connectivity index (χ2v) is 11.5. The van der Waals surface area contributed by atoms with Crippen LogP contribution in [0.25, 0.3) is 71.5 Å². The maximum Gasteiger partial charge on any atom is 0.177 e. The van der Waals surface area contributed by atoms with E-state index < -0.39 is 0 Å². The largest absolute Gasteiger partial charge is 0.510 e. The SMILES string of the molecule is CN1C=CN(c2[c-]c(Oc3[c-]c4c(cc3)c3ccccc3n4-c3ccccn3)c3oc4c(ccc5c6ccccc6oc54)c3c2)[CH-]1.[Pt]. The predicted molar refractivity (Wildman–Crippen MR) is 181 cm³/mol. The summed E-state index contributed by atoms with van der Waals surface area (Å²) in [7, 11) is 1.99. The maximum atomic E-state index is 6.67. The van der Waals surface area contributed by atoms with Gasteiger partial charge in [-0.2, -0.15) is 12.7 Å². The number of aromatic nitrogens is 2. The Morgan fingerprint density at radius 1 is 0.702 bits per heavy atom. The number of nitrogens with zero attached hydrogens (tertiary/aromatic N) is 4. The van der Waals surface area contributed by atoms with Crippen LogP contribution in [0.4, 0.5) is 5.69 Å². The van der Waals surface area contributed by atoms with Crippen LogP contribution in [-0.2, 0) is 21.1 Å². The van der Waals surface area contributed by atoms with Crippen LogP contribution < -0.4 is 9.64 Å². The summed E-state index contributed by atoms with van der Waals surface area (Å²) in [5, 5.41) is 6.08. The van der Waals surface area contributed by atoms with Gasteiger partial charge in [0.2, 0.25) is 0 Å². The fraction of sp³-hybridized carbons (Fsp3) is 0.0256. The van der Waals surface area contributed by atoms with Gasteiger partial charge in [0.25, 0.3) is 0 Å². The summed E-state index contributed by atoms with van der Waals surface area (Å²) >= 11 is 0. The minimum atomic E-state index is 0. The molecule has 9 aromatic rings. The molecule has 0 atom stereocenters. The maximum absolute atomic E-state index is 6.67. The number of fused-ring (bicyclic) bond motifs is 10. The summed E-state index contributed by atoms with van der Waals surface area (Å²) < 4.78 is 21.7. The van der Waals surface area contributed by atoms with Crippen LogP contribution in [0.2, 0.25) is 0 Å². The van der Waals surface area contributed by atoms with Crippen molar-refractivity contribution in [2.45, 2.75) is 0 Å². The third-order valence-electron chi connectivity index (χ3n) is 8.66. The van der Waals surface area contributed by atoms with Crippen LogP contribution in [0.15, 0.2) is 124 Å². The Morgan fingerprint density at radius 2 is 1.47 bits per heavy atom. The number of rotatable bonds is 4. The van der Waals surface area contributed by atoms with Gasteiger partial charge < -0.3 is 27.9 Å². The van der Waals surface area contributed by atoms with Gasteiger partial charge in [-0.05, 0) is 55.2 Å². The van der Waals surface area contributed by atoms with Crippen molar-refractivity contribution in [2.24, 2.45) is 0 Å². The fourth-order valence-electron chi connectivity index (χ4n) is 6.59. The molecule has 8 heteroatoms. The van der Waals surface area contributed by atoms with Gasteiger partial charge in [0, 0.05) is 54.7 Å². The first-order chi connectivity index (χ1) is 22.7. The number of para-hydroxylation sites is 2. The van der Waals surface area contributed by atoms with Gasteiger partial charge in [0.15, 0.2) is 11.2 Å². The summed E-state index contributed by atoms with van der Waals surface area (Å²) in [4.78, 5) is 8.65. The summed E-state index contributed by atoms with van der Waals surface area (Å²) in [6.45, 7) is 1.99. The second-order valence-electron chi connectivity index (χ2n) is 11.5. The van der Waals surface area contributed by atoms with Gasteiger partial charge in [-0.15, -0.1) is 35.3 Å². The van der Waals surface area contributed by atoms with Crippen LogP contribution in [0.5, 0.6) is 11.5 Å². The van der Waals surface area contributed by atoms with Crippen LogP contribution in [0, 0.1) is 18.8 Å². The van der Waals surface area contributed by atoms with Gasteiger partial charge in [-0.1, -0.05) is 59.4 Å². The number of anilines is 1. The quantitative estimate of drug-likeness (QED) is 0.166. The van der Waals surface area contributed by atoms with E-state index >= 15 is 0 Å². The molecule has 0 aliphatic carbocycles. The number of hydrogen-bond acceptors (Lipinski definition) is 6. The van der Waals surface area contributed by atoms with Crippen LogP contribution in [-0.4, -0.2) is 21.5 Å². The second kappa shape index (κ2) is 10.5. The third kappa shape index (κ3) is 4.20. The van der Waals surface area contributed by atoms with Gasteiger partial charge in [-0.25, -0.2) is 4.98 Å². The van der Waals surface area contributed by atoms with E-state index in [-0.39, 0.29) is 21.1 Å². The zero-order valence-corrected chi connectivity index (χ0v) is 27.1. The van der Waals surface area contributed by atoms with E-state index in [2.05, 4.69) is 64.1 Å². The molecule has 5 heterocycles. The zero-order chi connectivity index (χ0) is 30.4. The Balaban J connectivity index is 0.00000302. The Morgan fingerprint density at radius 3 is 2.30 bits per heavy atom. The molecule has 7 nitrogen and oxygen atoms in total. The van der Waals surface area contributed by atoms with E-state index in [1.54, 1.807) is 6.20 Å². The molecule has 0 saturated heterocycles. The molecule has 47 heavy (non-hydrogen) atoms. The first-order valence-electron chi connectivity index (χ1n) is 15.0. The molecule has 0 unspecified atom stereocenters. The summed E-state index contributed by atoms with van der Waals surface area (Å²) in [6, 6.07) is 39.6. The van der Waals surface area contributed by atoms with E-state index in [0.717, 1.165) is 60.4 Å². The van der Waals surface area contributed by atoms with Gasteiger partial charge in [-0.3, -0.25) is 0 Å². The van der Waals surface area contributed by atoms with Crippen molar-refractivity contribution < 1.29 is 34.6 Å². The zero-order valence-electron chi connectivity index (χ0n) is 24.9. The van der Waals surface area contributed by atoms with Crippen molar-refractivity contribution in [1.82, 2.24) is 14.5 Å². The predicted octanol–water partition coefficient (Wildman–Crippen LogP) is 9.71. The Hall–Kier alpha value is -5.52. The monoisotopic (exact) mass is 790 g/mol. The third-order valence-corrected chi connectivity index (χ3v) is 8.66. The Bertz CT molecular complexity index is 2690. The van der Waals surface area contributed by atoms with Crippen molar-refractivity contribution in [3.63, 3.8) is 0 Å². The molecule has 0 bridgehead atoms. The van der Waals surface area contributed by atoms with Crippen LogP contribution in [0.3, 0.4) is 0 Å². The molecule has 10 rings (SSSR count). The first-order valence-corrected chi connectivity index (χ1v) is 15.0. The number of hydrogen-bond donors (Lipinski definition) is 0. The molecule has 230 valence electrons. The van der Waals surface area contributed by atoms with Crippen molar-refractivity contribution in [3.8, 4) is 17.3 Å². The van der Waals surface area contributed by atoms with Crippen molar-refractivity contribution >= 4 is 71.4 Å². The summed E-state index contributed by atoms with van der Waals surface area (Å²) in [5.74, 6) is 1.81. The van der Waals surface area contributed by atoms with E-state index in [1.165, 1.54) is 0 Å². The number of ether oxygens (including phenoxy) is 1. The molecule has 0 N–H and O–H groups in total. The standard InChI is InChI=1S/C39H23N4O3.Pt/c1-41-18-19-42(23-41)24-20-31-30-16-15-29-28-9-3-5-11-34(28)45-38(29)39(30)46-37(31)35(21-24)44-25-13-14-27-26-8-2-4-10-32(26)43(33(27)22-25)36-12-6-7-17-40-36;/h2-20,23H,1H3;/q-3;. The number of pyridine rings is 1. The minimum absolute atomic E-state index is 0. The molecule has 5 aromatic carbocycles. The van der Waals surface area contributed by atoms with Crippen molar-refractivity contribution in [2.75, 3.05) is 11.9 Å². The average Bonchev–Trinajstić information content (AvgIpc) is 3.86. The molecular formula is C39H23N4O3Pt-3. The smallest absolute Gasteiger partial charge is 0.177 e. The van der Waals surface area contributed by atoms with Crippen LogP contribution >= 0.6 is 0 Å². The molecule has 1 aliphatic heterocycles. The molecule has 0 saturated carbocycles. The summed E-state index contributed by atoms with van der Waals surface area (Å²) in [5.41, 5.74) is 5.53. The first kappa shape index (κ1) is 27.8. The van der Waals surface area contributed by atoms with Crippen LogP contribution in [0.1, 0.15) is 0 Å². The molecular weight excluding hydrogens is 768 g/mol. The van der Waals surface area contributed by atoms with E-state index in [9.17, 15) is 0 Å². The Labute approximate surface area is 283 Å². The van der Waals surface area contributed by atoms with E-state index in [1.807, 2.05) is 90.5 Å². The van der Waals surface area contributed by atoms with Gasteiger partial charge in [0.05, 0.1) is 11.3 Å². The fourth-order valence-corrected chi connectivity index (χ4v) is 6.59. The van der Waals surface area contributed by atoms with E-state index in [4.69, 9.17) is 13.6 Å². The minimum Gasteiger partial charge on any atom is -0.510 e. The Kier molecular flexibility index (Phi) is 6.21. The summed E-state index contributed by atoms with van der Waals surface area (Å²) in [6.07, 6.45) is 5.78. The van der Waals surface area contributed by atoms with Gasteiger partial charge >= 0.3 is 0 Å². The molecule has 0 spiro atoms. The van der Waals surface area contributed by atoms with Gasteiger partial charge in [0.1, 0.15) is 11.4 Å². The molecule has 0 amide bonds. The topological polar surface area (TPSA) is 59.8 Å². The van der Waals surface area contributed by atoms with E-state index in [0.29, 0.717) is 28.2 Å². The number of benzene rings is 5. The molecule has 4 aromatic heterocycles. The molecule has 1 aliphatic rings.